The zero-order valence-corrected chi connectivity index (χ0v) is 9.34. The standard InChI is InChI=1S/C11H10ClNO3/c1-6(14)5-11(16)7-3-2-4-8(12)9(7)13-10(11)15/h2-4,16H,5H2,1H3,(H,13,15). The molecule has 1 aliphatic heterocycles. The van der Waals surface area contributed by atoms with Crippen molar-refractivity contribution in [3.8, 4) is 0 Å². The van der Waals surface area contributed by atoms with Crippen molar-refractivity contribution in [2.75, 3.05) is 5.32 Å². The van der Waals surface area contributed by atoms with E-state index in [-0.39, 0.29) is 12.2 Å². The van der Waals surface area contributed by atoms with Gasteiger partial charge in [-0.15, -0.1) is 0 Å². The zero-order chi connectivity index (χ0) is 11.9. The lowest BCUT2D eigenvalue weighted by Crippen LogP contribution is -2.35. The minimum absolute atomic E-state index is 0.244. The topological polar surface area (TPSA) is 66.4 Å². The SMILES string of the molecule is CC(=O)CC1(O)C(=O)Nc2c(Cl)cccc21. The van der Waals surface area contributed by atoms with Crippen molar-refractivity contribution in [2.24, 2.45) is 0 Å². The molecule has 5 heteroatoms. The number of anilines is 1. The molecule has 1 aliphatic rings. The predicted octanol–water partition coefficient (Wildman–Crippen LogP) is 1.46. The summed E-state index contributed by atoms with van der Waals surface area (Å²) >= 11 is 5.89. The Hall–Kier alpha value is -1.39. The van der Waals surface area contributed by atoms with Crippen LogP contribution in [0.15, 0.2) is 18.2 Å². The Morgan fingerprint density at radius 1 is 1.56 bits per heavy atom. The third-order valence-electron chi connectivity index (χ3n) is 2.58. The summed E-state index contributed by atoms with van der Waals surface area (Å²) in [7, 11) is 0. The molecule has 0 saturated heterocycles. The monoisotopic (exact) mass is 239 g/mol. The second kappa shape index (κ2) is 3.57. The van der Waals surface area contributed by atoms with Crippen LogP contribution >= 0.6 is 11.6 Å². The molecule has 0 fully saturated rings. The Morgan fingerprint density at radius 3 is 2.88 bits per heavy atom. The summed E-state index contributed by atoms with van der Waals surface area (Å²) < 4.78 is 0. The maximum Gasteiger partial charge on any atom is 0.261 e. The zero-order valence-electron chi connectivity index (χ0n) is 8.58. The number of amides is 1. The number of hydrogen-bond donors (Lipinski definition) is 2. The Labute approximate surface area is 97.2 Å². The highest BCUT2D eigenvalue weighted by Gasteiger charge is 2.46. The molecule has 1 atom stereocenters. The van der Waals surface area contributed by atoms with Crippen LogP contribution in [0.1, 0.15) is 18.9 Å². The van der Waals surface area contributed by atoms with Crippen LogP contribution in [0.4, 0.5) is 5.69 Å². The molecule has 0 radical (unpaired) electrons. The second-order valence-corrected chi connectivity index (χ2v) is 4.26. The van der Waals surface area contributed by atoms with Gasteiger partial charge in [-0.25, -0.2) is 0 Å². The van der Waals surface area contributed by atoms with Crippen LogP contribution in [-0.4, -0.2) is 16.8 Å². The summed E-state index contributed by atoms with van der Waals surface area (Å²) in [5.41, 5.74) is -1.04. The van der Waals surface area contributed by atoms with Crippen molar-refractivity contribution >= 4 is 29.0 Å². The lowest BCUT2D eigenvalue weighted by atomic mass is 9.90. The molecule has 4 nitrogen and oxygen atoms in total. The maximum atomic E-state index is 11.7. The molecule has 0 aliphatic carbocycles. The summed E-state index contributed by atoms with van der Waals surface area (Å²) in [6, 6.07) is 4.83. The van der Waals surface area contributed by atoms with Crippen LogP contribution in [0.2, 0.25) is 5.02 Å². The fourth-order valence-corrected chi connectivity index (χ4v) is 2.09. The van der Waals surface area contributed by atoms with Gasteiger partial charge in [0, 0.05) is 12.0 Å². The first-order valence-corrected chi connectivity index (χ1v) is 5.15. The minimum atomic E-state index is -1.79. The summed E-state index contributed by atoms with van der Waals surface area (Å²) in [6.07, 6.45) is -0.244. The van der Waals surface area contributed by atoms with Gasteiger partial charge >= 0.3 is 0 Å². The number of ketones is 1. The second-order valence-electron chi connectivity index (χ2n) is 3.86. The van der Waals surface area contributed by atoms with Crippen LogP contribution in [0.3, 0.4) is 0 Å². The van der Waals surface area contributed by atoms with E-state index in [4.69, 9.17) is 11.6 Å². The number of aliphatic hydroxyl groups is 1. The number of nitrogens with one attached hydrogen (secondary N) is 1. The fourth-order valence-electron chi connectivity index (χ4n) is 1.87. The van der Waals surface area contributed by atoms with E-state index in [0.29, 0.717) is 16.3 Å². The molecular weight excluding hydrogens is 230 g/mol. The highest BCUT2D eigenvalue weighted by atomic mass is 35.5. The van der Waals surface area contributed by atoms with Gasteiger partial charge in [0.05, 0.1) is 10.7 Å². The molecule has 1 aromatic rings. The van der Waals surface area contributed by atoms with E-state index in [1.165, 1.54) is 6.92 Å². The van der Waals surface area contributed by atoms with Gasteiger partial charge in [-0.2, -0.15) is 0 Å². The van der Waals surface area contributed by atoms with Gasteiger partial charge < -0.3 is 10.4 Å². The lowest BCUT2D eigenvalue weighted by Gasteiger charge is -2.18. The lowest BCUT2D eigenvalue weighted by molar-refractivity contribution is -0.139. The molecule has 1 amide bonds. The Balaban J connectivity index is 2.55. The molecular formula is C11H10ClNO3. The van der Waals surface area contributed by atoms with Gasteiger partial charge in [0.2, 0.25) is 0 Å². The van der Waals surface area contributed by atoms with E-state index in [9.17, 15) is 14.7 Å². The summed E-state index contributed by atoms with van der Waals surface area (Å²) in [5, 5.41) is 13.1. The van der Waals surface area contributed by atoms with Crippen LogP contribution in [0.5, 0.6) is 0 Å². The highest BCUT2D eigenvalue weighted by molar-refractivity contribution is 6.34. The molecule has 1 aromatic carbocycles. The number of rotatable bonds is 2. The van der Waals surface area contributed by atoms with Crippen molar-refractivity contribution in [1.82, 2.24) is 0 Å². The number of benzene rings is 1. The van der Waals surface area contributed by atoms with Gasteiger partial charge in [-0.1, -0.05) is 23.7 Å². The molecule has 2 rings (SSSR count). The number of fused-ring (bicyclic) bond motifs is 1. The number of carbonyl (C=O) groups excluding carboxylic acids is 2. The van der Waals surface area contributed by atoms with Gasteiger partial charge in [-0.05, 0) is 13.0 Å². The third-order valence-corrected chi connectivity index (χ3v) is 2.89. The molecule has 2 N–H and O–H groups in total. The Kier molecular flexibility index (Phi) is 2.48. The van der Waals surface area contributed by atoms with E-state index in [1.807, 2.05) is 0 Å². The molecule has 0 aromatic heterocycles. The van der Waals surface area contributed by atoms with Crippen LogP contribution < -0.4 is 5.32 Å². The van der Waals surface area contributed by atoms with Crippen molar-refractivity contribution in [1.29, 1.82) is 0 Å². The van der Waals surface area contributed by atoms with Crippen LogP contribution in [0, 0.1) is 0 Å². The largest absolute Gasteiger partial charge is 0.375 e. The van der Waals surface area contributed by atoms with Crippen molar-refractivity contribution < 1.29 is 14.7 Å². The molecule has 1 heterocycles. The van der Waals surface area contributed by atoms with Gasteiger partial charge in [0.25, 0.3) is 5.91 Å². The summed E-state index contributed by atoms with van der Waals surface area (Å²) in [6.45, 7) is 1.33. The molecule has 0 saturated carbocycles. The number of carbonyl (C=O) groups is 2. The van der Waals surface area contributed by atoms with E-state index in [0.717, 1.165) is 0 Å². The Morgan fingerprint density at radius 2 is 2.25 bits per heavy atom. The smallest absolute Gasteiger partial charge is 0.261 e. The average Bonchev–Trinajstić information content (AvgIpc) is 2.41. The minimum Gasteiger partial charge on any atom is -0.375 e. The normalized spacial score (nSPS) is 22.8. The fraction of sp³-hybridized carbons (Fsp3) is 0.273. The predicted molar refractivity (Wildman–Crippen MR) is 59.3 cm³/mol. The first-order chi connectivity index (χ1) is 7.45. The van der Waals surface area contributed by atoms with Crippen molar-refractivity contribution in [3.63, 3.8) is 0 Å². The number of para-hydroxylation sites is 1. The van der Waals surface area contributed by atoms with Gasteiger partial charge in [-0.3, -0.25) is 9.59 Å². The van der Waals surface area contributed by atoms with Crippen molar-refractivity contribution in [2.45, 2.75) is 18.9 Å². The van der Waals surface area contributed by atoms with Gasteiger partial charge in [0.1, 0.15) is 5.78 Å². The molecule has 0 bridgehead atoms. The first-order valence-electron chi connectivity index (χ1n) is 4.77. The number of halogens is 1. The quantitative estimate of drug-likeness (QED) is 0.821. The van der Waals surface area contributed by atoms with E-state index < -0.39 is 11.5 Å². The average molecular weight is 240 g/mol. The van der Waals surface area contributed by atoms with E-state index in [1.54, 1.807) is 18.2 Å². The molecule has 16 heavy (non-hydrogen) atoms. The molecule has 84 valence electrons. The van der Waals surface area contributed by atoms with Crippen LogP contribution in [0.25, 0.3) is 0 Å². The van der Waals surface area contributed by atoms with Crippen molar-refractivity contribution in [3.05, 3.63) is 28.8 Å². The maximum absolute atomic E-state index is 11.7. The Bertz CT molecular complexity index is 486. The molecule has 1 unspecified atom stereocenters. The molecule has 0 spiro atoms. The first kappa shape index (κ1) is 11.1. The number of hydrogen-bond acceptors (Lipinski definition) is 3. The van der Waals surface area contributed by atoms with E-state index >= 15 is 0 Å². The van der Waals surface area contributed by atoms with E-state index in [2.05, 4.69) is 5.32 Å². The summed E-state index contributed by atoms with van der Waals surface area (Å²) in [4.78, 5) is 22.7. The van der Waals surface area contributed by atoms with Crippen LogP contribution in [-0.2, 0) is 15.2 Å². The number of Topliss-reactive ketones (excluding diaryl/α,β-unsaturated/α-hetero) is 1. The third kappa shape index (κ3) is 1.50. The highest BCUT2D eigenvalue weighted by Crippen LogP contribution is 2.41. The summed E-state index contributed by atoms with van der Waals surface area (Å²) in [5.74, 6) is -0.865. The van der Waals surface area contributed by atoms with Gasteiger partial charge in [0.15, 0.2) is 5.60 Å².